The Kier molecular flexibility index (Phi) is 5.55. The van der Waals surface area contributed by atoms with Gasteiger partial charge in [0.05, 0.1) is 5.69 Å². The first kappa shape index (κ1) is 19.1. The first-order valence-electron chi connectivity index (χ1n) is 9.92. The van der Waals surface area contributed by atoms with Crippen molar-refractivity contribution in [1.82, 2.24) is 29.7 Å². The van der Waals surface area contributed by atoms with Gasteiger partial charge < -0.3 is 19.7 Å². The van der Waals surface area contributed by atoms with Gasteiger partial charge in [-0.05, 0) is 37.0 Å². The molecule has 2 aromatic rings. The van der Waals surface area contributed by atoms with Crippen molar-refractivity contribution in [3.8, 4) is 0 Å². The second kappa shape index (κ2) is 8.42. The predicted octanol–water partition coefficient (Wildman–Crippen LogP) is 0.459. The lowest BCUT2D eigenvalue weighted by Gasteiger charge is -2.32. The molecule has 2 aliphatic heterocycles. The van der Waals surface area contributed by atoms with E-state index in [1.54, 1.807) is 22.2 Å². The molecule has 0 bridgehead atoms. The van der Waals surface area contributed by atoms with Crippen LogP contribution in [0.4, 0.5) is 0 Å². The van der Waals surface area contributed by atoms with Crippen molar-refractivity contribution in [2.24, 2.45) is 0 Å². The first-order chi connectivity index (χ1) is 14.2. The number of carbonyl (C=O) groups excluding carboxylic acids is 3. The zero-order chi connectivity index (χ0) is 20.2. The molecule has 0 unspecified atom stereocenters. The van der Waals surface area contributed by atoms with E-state index in [-0.39, 0.29) is 11.8 Å². The number of nitrogens with zero attached hydrogens (tertiary/aromatic N) is 5. The topological polar surface area (TPSA) is 100 Å². The summed E-state index contributed by atoms with van der Waals surface area (Å²) in [6.07, 6.45) is 6.84. The SMILES string of the molecule is O=CN1CCN(C(=O)c2nc(C(=O)NCc3ccncc3)n3c2CCCC3)CC1. The Labute approximate surface area is 168 Å². The van der Waals surface area contributed by atoms with Crippen LogP contribution in [0.15, 0.2) is 24.5 Å². The summed E-state index contributed by atoms with van der Waals surface area (Å²) in [6.45, 7) is 3.06. The van der Waals surface area contributed by atoms with E-state index in [2.05, 4.69) is 15.3 Å². The van der Waals surface area contributed by atoms with Crippen LogP contribution in [-0.4, -0.2) is 68.7 Å². The second-order valence-electron chi connectivity index (χ2n) is 7.31. The number of fused-ring (bicyclic) bond motifs is 1. The molecular formula is C20H24N6O3. The quantitative estimate of drug-likeness (QED) is 0.740. The second-order valence-corrected chi connectivity index (χ2v) is 7.31. The van der Waals surface area contributed by atoms with Gasteiger partial charge in [0.2, 0.25) is 6.41 Å². The van der Waals surface area contributed by atoms with Gasteiger partial charge in [-0.1, -0.05) is 0 Å². The lowest BCUT2D eigenvalue weighted by atomic mass is 10.1. The molecule has 2 aromatic heterocycles. The minimum atomic E-state index is -0.283. The fraction of sp³-hybridized carbons (Fsp3) is 0.450. The van der Waals surface area contributed by atoms with Crippen molar-refractivity contribution < 1.29 is 14.4 Å². The number of rotatable bonds is 5. The summed E-state index contributed by atoms with van der Waals surface area (Å²) in [5.74, 6) is -0.146. The van der Waals surface area contributed by atoms with Crippen molar-refractivity contribution in [1.29, 1.82) is 0 Å². The van der Waals surface area contributed by atoms with E-state index in [1.807, 2.05) is 16.7 Å². The minimum absolute atomic E-state index is 0.158. The van der Waals surface area contributed by atoms with Crippen LogP contribution in [-0.2, 0) is 24.3 Å². The average molecular weight is 396 g/mol. The number of amides is 3. The van der Waals surface area contributed by atoms with Crippen molar-refractivity contribution in [3.05, 3.63) is 47.3 Å². The number of hydrogen-bond acceptors (Lipinski definition) is 5. The summed E-state index contributed by atoms with van der Waals surface area (Å²) in [7, 11) is 0. The Morgan fingerprint density at radius 1 is 1.07 bits per heavy atom. The van der Waals surface area contributed by atoms with Crippen LogP contribution in [0.25, 0.3) is 0 Å². The van der Waals surface area contributed by atoms with E-state index in [0.717, 1.165) is 36.9 Å². The molecular weight excluding hydrogens is 372 g/mol. The highest BCUT2D eigenvalue weighted by molar-refractivity contribution is 5.97. The maximum Gasteiger partial charge on any atom is 0.287 e. The van der Waals surface area contributed by atoms with Gasteiger partial charge in [0.15, 0.2) is 5.82 Å². The molecule has 0 radical (unpaired) electrons. The third-order valence-electron chi connectivity index (χ3n) is 5.48. The van der Waals surface area contributed by atoms with Crippen molar-refractivity contribution in [3.63, 3.8) is 0 Å². The number of carbonyl (C=O) groups is 3. The smallest absolute Gasteiger partial charge is 0.287 e. The number of piperazine rings is 1. The number of imidazole rings is 1. The Bertz CT molecular complexity index is 902. The van der Waals surface area contributed by atoms with Gasteiger partial charge in [-0.25, -0.2) is 4.98 Å². The lowest BCUT2D eigenvalue weighted by molar-refractivity contribution is -0.119. The van der Waals surface area contributed by atoms with Crippen LogP contribution in [0.1, 0.15) is 45.2 Å². The monoisotopic (exact) mass is 396 g/mol. The summed E-state index contributed by atoms with van der Waals surface area (Å²) >= 11 is 0. The van der Waals surface area contributed by atoms with E-state index >= 15 is 0 Å². The number of hydrogen-bond donors (Lipinski definition) is 1. The molecule has 2 aliphatic rings. The lowest BCUT2D eigenvalue weighted by Crippen LogP contribution is -2.48. The van der Waals surface area contributed by atoms with Crippen molar-refractivity contribution >= 4 is 18.2 Å². The Balaban J connectivity index is 1.53. The standard InChI is InChI=1S/C20H24N6O3/c27-14-24-9-11-25(12-10-24)20(29)17-16-3-1-2-8-26(16)18(23-17)19(28)22-13-15-4-6-21-7-5-15/h4-7,14H,1-3,8-13H2,(H,22,28). The van der Waals surface area contributed by atoms with Crippen LogP contribution in [0.5, 0.6) is 0 Å². The fourth-order valence-corrected chi connectivity index (χ4v) is 3.83. The Hall–Kier alpha value is -3.23. The summed E-state index contributed by atoms with van der Waals surface area (Å²) < 4.78 is 1.89. The number of aromatic nitrogens is 3. The zero-order valence-electron chi connectivity index (χ0n) is 16.2. The van der Waals surface area contributed by atoms with Gasteiger partial charge in [-0.3, -0.25) is 19.4 Å². The van der Waals surface area contributed by atoms with E-state index in [1.165, 1.54) is 0 Å². The largest absolute Gasteiger partial charge is 0.345 e. The highest BCUT2D eigenvalue weighted by Crippen LogP contribution is 2.23. The third-order valence-corrected chi connectivity index (χ3v) is 5.48. The van der Waals surface area contributed by atoms with Gasteiger partial charge in [-0.15, -0.1) is 0 Å². The van der Waals surface area contributed by atoms with Gasteiger partial charge in [0, 0.05) is 51.7 Å². The van der Waals surface area contributed by atoms with Crippen LogP contribution in [0, 0.1) is 0 Å². The molecule has 4 rings (SSSR count). The Morgan fingerprint density at radius 3 is 2.55 bits per heavy atom. The van der Waals surface area contributed by atoms with Crippen LogP contribution >= 0.6 is 0 Å². The third kappa shape index (κ3) is 3.98. The summed E-state index contributed by atoms with van der Waals surface area (Å²) in [6, 6.07) is 3.69. The molecule has 1 fully saturated rings. The molecule has 29 heavy (non-hydrogen) atoms. The number of pyridine rings is 1. The maximum absolute atomic E-state index is 13.1. The van der Waals surface area contributed by atoms with Gasteiger partial charge in [-0.2, -0.15) is 0 Å². The molecule has 0 spiro atoms. The molecule has 3 amide bonds. The molecule has 9 heteroatoms. The molecule has 1 saturated heterocycles. The molecule has 0 atom stereocenters. The van der Waals surface area contributed by atoms with Crippen LogP contribution < -0.4 is 5.32 Å². The van der Waals surface area contributed by atoms with Crippen LogP contribution in [0.2, 0.25) is 0 Å². The van der Waals surface area contributed by atoms with Gasteiger partial charge >= 0.3 is 0 Å². The summed E-state index contributed by atoms with van der Waals surface area (Å²) in [5.41, 5.74) is 2.16. The number of nitrogens with one attached hydrogen (secondary N) is 1. The molecule has 152 valence electrons. The van der Waals surface area contributed by atoms with E-state index < -0.39 is 0 Å². The normalized spacial score (nSPS) is 16.3. The van der Waals surface area contributed by atoms with E-state index in [4.69, 9.17) is 0 Å². The Morgan fingerprint density at radius 2 is 1.83 bits per heavy atom. The van der Waals surface area contributed by atoms with Gasteiger partial charge in [0.1, 0.15) is 5.69 Å². The average Bonchev–Trinajstić information content (AvgIpc) is 3.17. The minimum Gasteiger partial charge on any atom is -0.345 e. The highest BCUT2D eigenvalue weighted by Gasteiger charge is 2.31. The maximum atomic E-state index is 13.1. The molecule has 0 aromatic carbocycles. The van der Waals surface area contributed by atoms with Crippen molar-refractivity contribution in [2.75, 3.05) is 26.2 Å². The predicted molar refractivity (Wildman–Crippen MR) is 104 cm³/mol. The van der Waals surface area contributed by atoms with E-state index in [0.29, 0.717) is 50.8 Å². The fourth-order valence-electron chi connectivity index (χ4n) is 3.83. The van der Waals surface area contributed by atoms with Gasteiger partial charge in [0.25, 0.3) is 11.8 Å². The highest BCUT2D eigenvalue weighted by atomic mass is 16.2. The summed E-state index contributed by atoms with van der Waals surface area (Å²) in [5, 5.41) is 2.89. The molecule has 0 aliphatic carbocycles. The molecule has 1 N–H and O–H groups in total. The van der Waals surface area contributed by atoms with Crippen molar-refractivity contribution in [2.45, 2.75) is 32.4 Å². The van der Waals surface area contributed by atoms with Crippen LogP contribution in [0.3, 0.4) is 0 Å². The molecule has 0 saturated carbocycles. The first-order valence-corrected chi connectivity index (χ1v) is 9.92. The zero-order valence-corrected chi connectivity index (χ0v) is 16.2. The summed E-state index contributed by atoms with van der Waals surface area (Å²) in [4.78, 5) is 48.6. The molecule has 4 heterocycles. The van der Waals surface area contributed by atoms with E-state index in [9.17, 15) is 14.4 Å². The molecule has 9 nitrogen and oxygen atoms in total.